The van der Waals surface area contributed by atoms with Crippen molar-refractivity contribution < 1.29 is 9.53 Å². The van der Waals surface area contributed by atoms with Gasteiger partial charge in [0, 0.05) is 11.6 Å². The second kappa shape index (κ2) is 14.3. The number of ether oxygens (including phenoxy) is 1. The van der Waals surface area contributed by atoms with Gasteiger partial charge >= 0.3 is 0 Å². The van der Waals surface area contributed by atoms with E-state index in [4.69, 9.17) is 27.9 Å². The van der Waals surface area contributed by atoms with Crippen molar-refractivity contribution in [1.29, 1.82) is 0 Å². The zero-order valence-electron chi connectivity index (χ0n) is 15.3. The maximum atomic E-state index is 11.7. The smallest absolute Gasteiger partial charge is 0.257 e. The van der Waals surface area contributed by atoms with E-state index in [1.807, 2.05) is 0 Å². The molecule has 0 heterocycles. The van der Waals surface area contributed by atoms with Gasteiger partial charge < -0.3 is 10.1 Å². The first-order chi connectivity index (χ1) is 12.1. The highest BCUT2D eigenvalue weighted by molar-refractivity contribution is 6.35. The molecule has 1 aromatic carbocycles. The summed E-state index contributed by atoms with van der Waals surface area (Å²) in [7, 11) is 0. The monoisotopic (exact) mass is 387 g/mol. The van der Waals surface area contributed by atoms with Gasteiger partial charge in [-0.2, -0.15) is 0 Å². The van der Waals surface area contributed by atoms with Crippen LogP contribution in [0, 0.1) is 0 Å². The lowest BCUT2D eigenvalue weighted by molar-refractivity contribution is -0.123. The van der Waals surface area contributed by atoms with E-state index in [9.17, 15) is 4.79 Å². The fraction of sp³-hybridized carbons (Fsp3) is 0.650. The second-order valence-electron chi connectivity index (χ2n) is 6.40. The number of hydrogen-bond donors (Lipinski definition) is 1. The first-order valence-electron chi connectivity index (χ1n) is 9.48. The third-order valence-corrected chi connectivity index (χ3v) is 4.64. The van der Waals surface area contributed by atoms with Crippen molar-refractivity contribution in [2.45, 2.75) is 71.1 Å². The van der Waals surface area contributed by atoms with Crippen molar-refractivity contribution in [3.05, 3.63) is 28.2 Å². The summed E-state index contributed by atoms with van der Waals surface area (Å²) in [6.45, 7) is 2.92. The van der Waals surface area contributed by atoms with Crippen LogP contribution in [0.1, 0.15) is 71.1 Å². The van der Waals surface area contributed by atoms with Gasteiger partial charge in [-0.05, 0) is 24.6 Å². The second-order valence-corrected chi connectivity index (χ2v) is 7.24. The largest absolute Gasteiger partial charge is 0.482 e. The molecule has 0 bridgehead atoms. The lowest BCUT2D eigenvalue weighted by atomic mass is 10.1. The van der Waals surface area contributed by atoms with Crippen LogP contribution in [0.5, 0.6) is 5.75 Å². The molecule has 0 fully saturated rings. The van der Waals surface area contributed by atoms with Gasteiger partial charge in [0.05, 0.1) is 5.02 Å². The molecule has 5 heteroatoms. The van der Waals surface area contributed by atoms with Crippen molar-refractivity contribution in [2.24, 2.45) is 0 Å². The molecule has 3 nitrogen and oxygen atoms in total. The Balaban J connectivity index is 1.95. The molecule has 0 unspecified atom stereocenters. The molecular weight excluding hydrogens is 357 g/mol. The Morgan fingerprint density at radius 3 is 2.16 bits per heavy atom. The van der Waals surface area contributed by atoms with Gasteiger partial charge in [0.15, 0.2) is 6.61 Å². The molecular formula is C20H31Cl2NO2. The summed E-state index contributed by atoms with van der Waals surface area (Å²) < 4.78 is 5.40. The highest BCUT2D eigenvalue weighted by Crippen LogP contribution is 2.27. The minimum Gasteiger partial charge on any atom is -0.482 e. The normalized spacial score (nSPS) is 10.7. The van der Waals surface area contributed by atoms with E-state index in [2.05, 4.69) is 12.2 Å². The molecule has 0 saturated carbocycles. The minimum atomic E-state index is -0.123. The minimum absolute atomic E-state index is 0.0287. The number of benzene rings is 1. The molecule has 0 saturated heterocycles. The van der Waals surface area contributed by atoms with Gasteiger partial charge in [-0.1, -0.05) is 87.9 Å². The van der Waals surface area contributed by atoms with Crippen LogP contribution in [-0.4, -0.2) is 19.1 Å². The molecule has 142 valence electrons. The lowest BCUT2D eigenvalue weighted by Gasteiger charge is -2.09. The van der Waals surface area contributed by atoms with E-state index >= 15 is 0 Å². The lowest BCUT2D eigenvalue weighted by Crippen LogP contribution is -2.29. The highest BCUT2D eigenvalue weighted by Gasteiger charge is 2.06. The summed E-state index contributed by atoms with van der Waals surface area (Å²) in [6, 6.07) is 4.95. The molecule has 0 aliphatic heterocycles. The maximum Gasteiger partial charge on any atom is 0.257 e. The first kappa shape index (κ1) is 22.1. The first-order valence-corrected chi connectivity index (χ1v) is 10.2. The molecule has 0 atom stereocenters. The standard InChI is InChI=1S/C20H31Cl2NO2/c1-2-3-4-5-6-7-8-9-10-11-14-23-20(24)16-25-19-13-12-17(21)15-18(19)22/h12-13,15H,2-11,14,16H2,1H3,(H,23,24). The molecule has 0 aromatic heterocycles. The Bertz CT molecular complexity index is 495. The van der Waals surface area contributed by atoms with Crippen LogP contribution >= 0.6 is 23.2 Å². The maximum absolute atomic E-state index is 11.7. The number of carbonyl (C=O) groups excluding carboxylic acids is 1. The third-order valence-electron chi connectivity index (χ3n) is 4.11. The predicted octanol–water partition coefficient (Wildman–Crippen LogP) is 6.41. The van der Waals surface area contributed by atoms with Crippen LogP contribution in [0.2, 0.25) is 10.0 Å². The van der Waals surface area contributed by atoms with Crippen molar-refractivity contribution in [3.8, 4) is 5.75 Å². The Morgan fingerprint density at radius 1 is 0.960 bits per heavy atom. The van der Waals surface area contributed by atoms with Gasteiger partial charge in [0.25, 0.3) is 5.91 Å². The molecule has 25 heavy (non-hydrogen) atoms. The van der Waals surface area contributed by atoms with Gasteiger partial charge in [0.1, 0.15) is 5.75 Å². The van der Waals surface area contributed by atoms with Crippen molar-refractivity contribution in [3.63, 3.8) is 0 Å². The number of amides is 1. The van der Waals surface area contributed by atoms with Crippen molar-refractivity contribution >= 4 is 29.1 Å². The van der Waals surface area contributed by atoms with E-state index in [1.165, 1.54) is 57.8 Å². The molecule has 1 amide bonds. The summed E-state index contributed by atoms with van der Waals surface area (Å²) in [6.07, 6.45) is 12.9. The number of rotatable bonds is 14. The average molecular weight is 388 g/mol. The summed E-state index contributed by atoms with van der Waals surface area (Å²) in [4.78, 5) is 11.7. The molecule has 0 radical (unpaired) electrons. The van der Waals surface area contributed by atoms with Gasteiger partial charge in [-0.3, -0.25) is 4.79 Å². The number of halogens is 2. The third kappa shape index (κ3) is 11.3. The Kier molecular flexibility index (Phi) is 12.6. The van der Waals surface area contributed by atoms with E-state index < -0.39 is 0 Å². The fourth-order valence-corrected chi connectivity index (χ4v) is 3.09. The van der Waals surface area contributed by atoms with Crippen LogP contribution in [0.3, 0.4) is 0 Å². The molecule has 1 rings (SSSR count). The van der Waals surface area contributed by atoms with Crippen LogP contribution in [0.15, 0.2) is 18.2 Å². The van der Waals surface area contributed by atoms with Gasteiger partial charge in [-0.15, -0.1) is 0 Å². The molecule has 0 spiro atoms. The zero-order valence-corrected chi connectivity index (χ0v) is 16.8. The van der Waals surface area contributed by atoms with Gasteiger partial charge in [-0.25, -0.2) is 0 Å². The number of nitrogens with one attached hydrogen (secondary N) is 1. The average Bonchev–Trinajstić information content (AvgIpc) is 2.59. The van der Waals surface area contributed by atoms with Crippen LogP contribution in [0.25, 0.3) is 0 Å². The number of carbonyl (C=O) groups is 1. The SMILES string of the molecule is CCCCCCCCCCCCNC(=O)COc1ccc(Cl)cc1Cl. The van der Waals surface area contributed by atoms with E-state index in [-0.39, 0.29) is 12.5 Å². The number of unbranched alkanes of at least 4 members (excludes halogenated alkanes) is 9. The summed E-state index contributed by atoms with van der Waals surface area (Å²) in [5.41, 5.74) is 0. The fourth-order valence-electron chi connectivity index (χ4n) is 2.63. The van der Waals surface area contributed by atoms with E-state index in [1.54, 1.807) is 18.2 Å². The Labute approximate surface area is 162 Å². The Morgan fingerprint density at radius 2 is 1.56 bits per heavy atom. The van der Waals surface area contributed by atoms with E-state index in [0.29, 0.717) is 22.3 Å². The van der Waals surface area contributed by atoms with Gasteiger partial charge in [0.2, 0.25) is 0 Å². The topological polar surface area (TPSA) is 38.3 Å². The summed E-state index contributed by atoms with van der Waals surface area (Å²) >= 11 is 11.8. The molecule has 1 N–H and O–H groups in total. The zero-order chi connectivity index (χ0) is 18.3. The molecule has 0 aliphatic rings. The van der Waals surface area contributed by atoms with Crippen LogP contribution < -0.4 is 10.1 Å². The predicted molar refractivity (Wildman–Crippen MR) is 107 cm³/mol. The molecule has 1 aromatic rings. The summed E-state index contributed by atoms with van der Waals surface area (Å²) in [5, 5.41) is 3.83. The van der Waals surface area contributed by atoms with Crippen molar-refractivity contribution in [2.75, 3.05) is 13.2 Å². The van der Waals surface area contributed by atoms with Crippen molar-refractivity contribution in [1.82, 2.24) is 5.32 Å². The quantitative estimate of drug-likeness (QED) is 0.374. The summed E-state index contributed by atoms with van der Waals surface area (Å²) in [5.74, 6) is 0.349. The highest BCUT2D eigenvalue weighted by atomic mass is 35.5. The van der Waals surface area contributed by atoms with Crippen LogP contribution in [-0.2, 0) is 4.79 Å². The molecule has 0 aliphatic carbocycles. The van der Waals surface area contributed by atoms with Crippen LogP contribution in [0.4, 0.5) is 0 Å². The Hall–Kier alpha value is -0.930. The van der Waals surface area contributed by atoms with E-state index in [0.717, 1.165) is 6.42 Å². The number of hydrogen-bond acceptors (Lipinski definition) is 2.